The lowest BCUT2D eigenvalue weighted by Crippen LogP contribution is -2.30. The van der Waals surface area contributed by atoms with Crippen molar-refractivity contribution in [2.45, 2.75) is 110 Å². The van der Waals surface area contributed by atoms with E-state index in [4.69, 9.17) is 9.47 Å². The van der Waals surface area contributed by atoms with E-state index in [2.05, 4.69) is 6.92 Å². The first kappa shape index (κ1) is 20.6. The molecule has 3 heteroatoms. The van der Waals surface area contributed by atoms with Gasteiger partial charge in [0.25, 0.3) is 0 Å². The number of unbranched alkanes of at least 4 members (excludes halogenated alkanes) is 4. The lowest BCUT2D eigenvalue weighted by atomic mass is 9.70. The normalized spacial score (nSPS) is 30.0. The van der Waals surface area contributed by atoms with Crippen molar-refractivity contribution in [2.75, 3.05) is 6.61 Å². The Labute approximate surface area is 155 Å². The largest absolute Gasteiger partial charge is 0.508 e. The molecule has 2 fully saturated rings. The molecule has 0 saturated heterocycles. The van der Waals surface area contributed by atoms with Gasteiger partial charge in [0, 0.05) is 0 Å². The van der Waals surface area contributed by atoms with Crippen molar-refractivity contribution in [2.24, 2.45) is 17.8 Å². The molecule has 0 radical (unpaired) electrons. The minimum Gasteiger partial charge on any atom is -0.435 e. The fourth-order valence-electron chi connectivity index (χ4n) is 4.95. The van der Waals surface area contributed by atoms with Crippen LogP contribution in [0.3, 0.4) is 0 Å². The van der Waals surface area contributed by atoms with Crippen LogP contribution in [0.2, 0.25) is 0 Å². The second kappa shape index (κ2) is 11.8. The molecule has 3 nitrogen and oxygen atoms in total. The molecule has 0 heterocycles. The summed E-state index contributed by atoms with van der Waals surface area (Å²) in [5, 5.41) is 0. The van der Waals surface area contributed by atoms with E-state index in [9.17, 15) is 4.79 Å². The molecule has 0 unspecified atom stereocenters. The van der Waals surface area contributed by atoms with Gasteiger partial charge in [-0.2, -0.15) is 0 Å². The van der Waals surface area contributed by atoms with Gasteiger partial charge in [-0.25, -0.2) is 4.79 Å². The molecule has 2 aliphatic carbocycles. The average Bonchev–Trinajstić information content (AvgIpc) is 2.63. The molecule has 0 bridgehead atoms. The molecule has 2 rings (SSSR count). The lowest BCUT2D eigenvalue weighted by Gasteiger charge is -2.37. The predicted octanol–water partition coefficient (Wildman–Crippen LogP) is 6.89. The number of rotatable bonds is 9. The van der Waals surface area contributed by atoms with Crippen LogP contribution in [0.25, 0.3) is 0 Å². The zero-order valence-electron chi connectivity index (χ0n) is 16.6. The molecule has 2 saturated carbocycles. The van der Waals surface area contributed by atoms with Gasteiger partial charge >= 0.3 is 6.16 Å². The number of hydrogen-bond acceptors (Lipinski definition) is 3. The highest BCUT2D eigenvalue weighted by Crippen LogP contribution is 2.41. The summed E-state index contributed by atoms with van der Waals surface area (Å²) >= 11 is 0. The smallest absolute Gasteiger partial charge is 0.435 e. The molecule has 0 aromatic heterocycles. The summed E-state index contributed by atoms with van der Waals surface area (Å²) in [6.07, 6.45) is 18.5. The van der Waals surface area contributed by atoms with Crippen LogP contribution in [0, 0.1) is 17.8 Å². The summed E-state index contributed by atoms with van der Waals surface area (Å²) in [5.74, 6) is 2.80. The van der Waals surface area contributed by atoms with Crippen LogP contribution in [0.4, 0.5) is 4.79 Å². The van der Waals surface area contributed by atoms with E-state index in [0.717, 1.165) is 30.6 Å². The van der Waals surface area contributed by atoms with Crippen LogP contribution in [-0.4, -0.2) is 18.9 Å². The Balaban J connectivity index is 1.57. The lowest BCUT2D eigenvalue weighted by molar-refractivity contribution is 0.00160. The topological polar surface area (TPSA) is 35.5 Å². The molecule has 0 aliphatic heterocycles. The first-order valence-electron chi connectivity index (χ1n) is 11.1. The van der Waals surface area contributed by atoms with Gasteiger partial charge in [-0.05, 0) is 63.2 Å². The van der Waals surface area contributed by atoms with Gasteiger partial charge in [-0.15, -0.1) is 0 Å². The molecule has 0 amide bonds. The van der Waals surface area contributed by atoms with E-state index in [1.165, 1.54) is 77.0 Å². The molecule has 0 atom stereocenters. The number of ether oxygens (including phenoxy) is 2. The summed E-state index contributed by atoms with van der Waals surface area (Å²) in [6.45, 7) is 4.51. The maximum absolute atomic E-state index is 11.4. The summed E-state index contributed by atoms with van der Waals surface area (Å²) in [5.41, 5.74) is 0. The third kappa shape index (κ3) is 7.58. The summed E-state index contributed by atoms with van der Waals surface area (Å²) in [4.78, 5) is 11.4. The summed E-state index contributed by atoms with van der Waals surface area (Å²) < 4.78 is 10.3. The van der Waals surface area contributed by atoms with Gasteiger partial charge in [0.2, 0.25) is 0 Å². The highest BCUT2D eigenvalue weighted by Gasteiger charge is 2.31. The van der Waals surface area contributed by atoms with Crippen molar-refractivity contribution in [1.29, 1.82) is 0 Å². The quantitative estimate of drug-likeness (QED) is 0.335. The standard InChI is InChI=1S/C22H40O3/c1-3-5-6-7-8-9-18-10-12-19(13-11-18)20-14-16-21(17-15-20)25-22(23)24-4-2/h18-21H,3-17H2,1-2H3. The Kier molecular flexibility index (Phi) is 9.72. The van der Waals surface area contributed by atoms with Crippen molar-refractivity contribution in [3.8, 4) is 0 Å². The molecule has 2 aliphatic rings. The van der Waals surface area contributed by atoms with Crippen molar-refractivity contribution < 1.29 is 14.3 Å². The van der Waals surface area contributed by atoms with E-state index in [1.54, 1.807) is 0 Å². The number of carbonyl (C=O) groups excluding carboxylic acids is 1. The number of carbonyl (C=O) groups is 1. The Morgan fingerprint density at radius 2 is 1.40 bits per heavy atom. The zero-order chi connectivity index (χ0) is 17.9. The fraction of sp³-hybridized carbons (Fsp3) is 0.955. The zero-order valence-corrected chi connectivity index (χ0v) is 16.6. The second-order valence-electron chi connectivity index (χ2n) is 8.32. The minimum atomic E-state index is -0.481. The van der Waals surface area contributed by atoms with Crippen LogP contribution in [0.5, 0.6) is 0 Å². The van der Waals surface area contributed by atoms with E-state index in [-0.39, 0.29) is 6.10 Å². The van der Waals surface area contributed by atoms with Crippen LogP contribution in [0.1, 0.15) is 104 Å². The Morgan fingerprint density at radius 1 is 0.800 bits per heavy atom. The molecule has 146 valence electrons. The third-order valence-electron chi connectivity index (χ3n) is 6.52. The molecule has 0 aromatic carbocycles. The van der Waals surface area contributed by atoms with Crippen LogP contribution < -0.4 is 0 Å². The van der Waals surface area contributed by atoms with Crippen LogP contribution in [-0.2, 0) is 9.47 Å². The monoisotopic (exact) mass is 352 g/mol. The molecular weight excluding hydrogens is 312 g/mol. The van der Waals surface area contributed by atoms with E-state index >= 15 is 0 Å². The first-order valence-corrected chi connectivity index (χ1v) is 11.1. The van der Waals surface area contributed by atoms with E-state index < -0.39 is 6.16 Å². The summed E-state index contributed by atoms with van der Waals surface area (Å²) in [6, 6.07) is 0. The Morgan fingerprint density at radius 3 is 2.00 bits per heavy atom. The molecule has 0 N–H and O–H groups in total. The second-order valence-corrected chi connectivity index (χ2v) is 8.32. The van der Waals surface area contributed by atoms with Crippen molar-refractivity contribution in [3.05, 3.63) is 0 Å². The van der Waals surface area contributed by atoms with Gasteiger partial charge in [-0.1, -0.05) is 58.3 Å². The van der Waals surface area contributed by atoms with Crippen molar-refractivity contribution in [1.82, 2.24) is 0 Å². The third-order valence-corrected chi connectivity index (χ3v) is 6.52. The van der Waals surface area contributed by atoms with E-state index in [0.29, 0.717) is 6.61 Å². The van der Waals surface area contributed by atoms with Crippen molar-refractivity contribution >= 4 is 6.16 Å². The molecule has 25 heavy (non-hydrogen) atoms. The Bertz CT molecular complexity index is 352. The SMILES string of the molecule is CCCCCCCC1CCC(C2CCC(OC(=O)OCC)CC2)CC1. The average molecular weight is 353 g/mol. The maximum atomic E-state index is 11.4. The predicted molar refractivity (Wildman–Crippen MR) is 103 cm³/mol. The van der Waals surface area contributed by atoms with Crippen LogP contribution >= 0.6 is 0 Å². The van der Waals surface area contributed by atoms with Gasteiger partial charge in [-0.3, -0.25) is 0 Å². The highest BCUT2D eigenvalue weighted by atomic mass is 16.7. The van der Waals surface area contributed by atoms with E-state index in [1.807, 2.05) is 6.92 Å². The van der Waals surface area contributed by atoms with Gasteiger partial charge in [0.15, 0.2) is 0 Å². The Hall–Kier alpha value is -0.730. The number of hydrogen-bond donors (Lipinski definition) is 0. The molecule has 0 spiro atoms. The van der Waals surface area contributed by atoms with Crippen molar-refractivity contribution in [3.63, 3.8) is 0 Å². The fourth-order valence-corrected chi connectivity index (χ4v) is 4.95. The van der Waals surface area contributed by atoms with Gasteiger partial charge in [0.1, 0.15) is 6.10 Å². The van der Waals surface area contributed by atoms with Crippen LogP contribution in [0.15, 0.2) is 0 Å². The van der Waals surface area contributed by atoms with Gasteiger partial charge in [0.05, 0.1) is 6.61 Å². The molecule has 0 aromatic rings. The summed E-state index contributed by atoms with van der Waals surface area (Å²) in [7, 11) is 0. The first-order chi connectivity index (χ1) is 12.2. The minimum absolute atomic E-state index is 0.0924. The highest BCUT2D eigenvalue weighted by molar-refractivity contribution is 5.60. The van der Waals surface area contributed by atoms with Gasteiger partial charge < -0.3 is 9.47 Å². The molecular formula is C22H40O3. The maximum Gasteiger partial charge on any atom is 0.508 e.